The van der Waals surface area contributed by atoms with Gasteiger partial charge in [0.1, 0.15) is 12.4 Å². The summed E-state index contributed by atoms with van der Waals surface area (Å²) in [6.45, 7) is 2.77. The highest BCUT2D eigenvalue weighted by Crippen LogP contribution is 2.40. The van der Waals surface area contributed by atoms with Crippen LogP contribution in [0.3, 0.4) is 0 Å². The van der Waals surface area contributed by atoms with Gasteiger partial charge in [-0.25, -0.2) is 0 Å². The predicted octanol–water partition coefficient (Wildman–Crippen LogP) is 8.64. The Morgan fingerprint density at radius 2 is 1.10 bits per heavy atom. The number of fused-ring (bicyclic) bond motifs is 4. The molecule has 42 heavy (non-hydrogen) atoms. The third-order valence-electron chi connectivity index (χ3n) is 7.59. The van der Waals surface area contributed by atoms with Crippen LogP contribution < -0.4 is 4.74 Å². The zero-order valence-corrected chi connectivity index (χ0v) is 26.2. The lowest BCUT2D eigenvalue weighted by Crippen LogP contribution is -2.12. The van der Waals surface area contributed by atoms with E-state index >= 15 is 0 Å². The monoisotopic (exact) mass is 574 g/mol. The summed E-state index contributed by atoms with van der Waals surface area (Å²) in [5.74, 6) is 2.03. The topological polar surface area (TPSA) is 15.7 Å². The third kappa shape index (κ3) is 7.43. The molecule has 0 aliphatic carbocycles. The predicted molar refractivity (Wildman–Crippen MR) is 180 cm³/mol. The van der Waals surface area contributed by atoms with Crippen molar-refractivity contribution in [3.8, 4) is 5.75 Å². The lowest BCUT2D eigenvalue weighted by Gasteiger charge is -2.12. The minimum absolute atomic E-state index is 0.637. The van der Waals surface area contributed by atoms with E-state index in [9.17, 15) is 0 Å². The first-order valence-corrected chi connectivity index (χ1v) is 15.8. The van der Waals surface area contributed by atoms with Crippen molar-refractivity contribution in [2.45, 2.75) is 30.1 Å². The Kier molecular flexibility index (Phi) is 10.4. The molecule has 6 rings (SSSR count). The smallest absolute Gasteiger partial charge is 0.127 e. The summed E-state index contributed by atoms with van der Waals surface area (Å²) in [6.07, 6.45) is 6.86. The molecule has 0 spiro atoms. The number of para-hydroxylation sites is 1. The molecule has 2 heterocycles. The van der Waals surface area contributed by atoms with Crippen LogP contribution in [0.25, 0.3) is 11.1 Å². The Bertz CT molecular complexity index is 1340. The number of nitrogens with zero attached hydrogens (tertiary/aromatic N) is 2. The SMILES string of the molecule is CN(C)CC/C=C1/c2ccccc2CSc2ccccc21.CN(C)CCC=C1c2ccccc2COc2ccccc21. The molecule has 0 aromatic heterocycles. The largest absolute Gasteiger partial charge is 0.488 e. The van der Waals surface area contributed by atoms with Gasteiger partial charge in [0.25, 0.3) is 0 Å². The Balaban J connectivity index is 0.000000168. The normalized spacial score (nSPS) is 15.5. The van der Waals surface area contributed by atoms with Crippen molar-refractivity contribution in [3.05, 3.63) is 143 Å². The van der Waals surface area contributed by atoms with Crippen LogP contribution in [0.4, 0.5) is 0 Å². The molecule has 0 amide bonds. The van der Waals surface area contributed by atoms with Gasteiger partial charge in [-0.05, 0) is 92.1 Å². The summed E-state index contributed by atoms with van der Waals surface area (Å²) in [5, 5.41) is 0. The van der Waals surface area contributed by atoms with Gasteiger partial charge < -0.3 is 14.5 Å². The maximum absolute atomic E-state index is 5.98. The average Bonchev–Trinajstić information content (AvgIpc) is 3.26. The molecule has 4 heteroatoms. The van der Waals surface area contributed by atoms with Crippen molar-refractivity contribution in [2.24, 2.45) is 0 Å². The van der Waals surface area contributed by atoms with Crippen molar-refractivity contribution in [1.29, 1.82) is 0 Å². The van der Waals surface area contributed by atoms with E-state index < -0.39 is 0 Å². The van der Waals surface area contributed by atoms with Crippen molar-refractivity contribution < 1.29 is 4.74 Å². The van der Waals surface area contributed by atoms with Crippen LogP contribution >= 0.6 is 11.8 Å². The molecular formula is C38H42N2OS. The lowest BCUT2D eigenvalue weighted by molar-refractivity contribution is 0.307. The molecule has 2 aliphatic heterocycles. The highest BCUT2D eigenvalue weighted by molar-refractivity contribution is 7.98. The maximum Gasteiger partial charge on any atom is 0.127 e. The standard InChI is InChI=1S/C19H21NO.C19H21NS/c2*1-20(2)13-7-11-17-16-9-4-3-8-15(16)14-21-19-12-6-5-10-18(17)19/h2*3-6,8-12H,7,13-14H2,1-2H3/b;17-11-. The molecule has 0 bridgehead atoms. The fourth-order valence-electron chi connectivity index (χ4n) is 5.42. The van der Waals surface area contributed by atoms with E-state index in [4.69, 9.17) is 4.74 Å². The molecular weight excluding hydrogens is 532 g/mol. The number of hydrogen-bond acceptors (Lipinski definition) is 4. The number of thioether (sulfide) groups is 1. The molecule has 0 atom stereocenters. The Morgan fingerprint density at radius 1 is 0.595 bits per heavy atom. The molecule has 0 fully saturated rings. The van der Waals surface area contributed by atoms with Gasteiger partial charge in [-0.1, -0.05) is 97.1 Å². The zero-order valence-electron chi connectivity index (χ0n) is 25.3. The molecule has 4 aromatic rings. The van der Waals surface area contributed by atoms with E-state index in [1.54, 1.807) is 0 Å². The molecule has 2 aliphatic rings. The van der Waals surface area contributed by atoms with Gasteiger partial charge in [0.05, 0.1) is 0 Å². The van der Waals surface area contributed by atoms with Gasteiger partial charge in [0.15, 0.2) is 0 Å². The van der Waals surface area contributed by atoms with Crippen LogP contribution in [-0.2, 0) is 12.4 Å². The van der Waals surface area contributed by atoms with E-state index in [1.807, 2.05) is 17.8 Å². The molecule has 3 nitrogen and oxygen atoms in total. The molecule has 0 radical (unpaired) electrons. The Morgan fingerprint density at radius 3 is 1.76 bits per heavy atom. The second-order valence-corrected chi connectivity index (χ2v) is 12.3. The molecule has 0 saturated heterocycles. The van der Waals surface area contributed by atoms with E-state index in [2.05, 4.69) is 141 Å². The van der Waals surface area contributed by atoms with Crippen LogP contribution in [0.15, 0.2) is 114 Å². The van der Waals surface area contributed by atoms with Gasteiger partial charge >= 0.3 is 0 Å². The van der Waals surface area contributed by atoms with Crippen LogP contribution in [0.2, 0.25) is 0 Å². The van der Waals surface area contributed by atoms with E-state index in [0.29, 0.717) is 6.61 Å². The number of hydrogen-bond donors (Lipinski definition) is 0. The summed E-state index contributed by atoms with van der Waals surface area (Å²) >= 11 is 1.94. The van der Waals surface area contributed by atoms with Crippen molar-refractivity contribution in [2.75, 3.05) is 41.3 Å². The van der Waals surface area contributed by atoms with Crippen LogP contribution in [0.5, 0.6) is 5.75 Å². The highest BCUT2D eigenvalue weighted by Gasteiger charge is 2.19. The quantitative estimate of drug-likeness (QED) is 0.229. The summed E-state index contributed by atoms with van der Waals surface area (Å²) in [5.41, 5.74) is 10.6. The molecule has 216 valence electrons. The fourth-order valence-corrected chi connectivity index (χ4v) is 6.49. The minimum Gasteiger partial charge on any atom is -0.488 e. The second kappa shape index (κ2) is 14.6. The van der Waals surface area contributed by atoms with Crippen LogP contribution in [0, 0.1) is 0 Å². The Hall–Kier alpha value is -3.57. The zero-order chi connectivity index (χ0) is 29.3. The molecule has 0 N–H and O–H groups in total. The maximum atomic E-state index is 5.98. The molecule has 0 saturated carbocycles. The lowest BCUT2D eigenvalue weighted by atomic mass is 9.93. The summed E-state index contributed by atoms with van der Waals surface area (Å²) in [6, 6.07) is 34.5. The average molecular weight is 575 g/mol. The number of rotatable bonds is 6. The first kappa shape index (κ1) is 29.9. The molecule has 4 aromatic carbocycles. The fraction of sp³-hybridized carbons (Fsp3) is 0.263. The van der Waals surface area contributed by atoms with Gasteiger partial charge in [-0.3, -0.25) is 0 Å². The summed E-state index contributed by atoms with van der Waals surface area (Å²) in [4.78, 5) is 5.84. The van der Waals surface area contributed by atoms with E-state index in [-0.39, 0.29) is 0 Å². The van der Waals surface area contributed by atoms with Crippen molar-refractivity contribution in [1.82, 2.24) is 9.80 Å². The van der Waals surface area contributed by atoms with E-state index in [1.165, 1.54) is 49.4 Å². The second-order valence-electron chi connectivity index (χ2n) is 11.3. The Labute approximate surface area is 256 Å². The first-order valence-electron chi connectivity index (χ1n) is 14.8. The van der Waals surface area contributed by atoms with Gasteiger partial charge in [-0.2, -0.15) is 0 Å². The van der Waals surface area contributed by atoms with Crippen molar-refractivity contribution in [3.63, 3.8) is 0 Å². The first-order chi connectivity index (χ1) is 20.5. The van der Waals surface area contributed by atoms with Gasteiger partial charge in [0.2, 0.25) is 0 Å². The minimum atomic E-state index is 0.637. The number of ether oxygens (including phenoxy) is 1. The third-order valence-corrected chi connectivity index (χ3v) is 8.71. The van der Waals surface area contributed by atoms with Gasteiger partial charge in [0, 0.05) is 29.3 Å². The van der Waals surface area contributed by atoms with Crippen LogP contribution in [-0.4, -0.2) is 51.1 Å². The van der Waals surface area contributed by atoms with Crippen LogP contribution in [0.1, 0.15) is 46.2 Å². The molecule has 0 unspecified atom stereocenters. The number of benzene rings is 4. The summed E-state index contributed by atoms with van der Waals surface area (Å²) in [7, 11) is 8.47. The van der Waals surface area contributed by atoms with Gasteiger partial charge in [-0.15, -0.1) is 11.8 Å². The van der Waals surface area contributed by atoms with E-state index in [0.717, 1.165) is 37.4 Å². The highest BCUT2D eigenvalue weighted by atomic mass is 32.2. The summed E-state index contributed by atoms with van der Waals surface area (Å²) < 4.78 is 5.98. The van der Waals surface area contributed by atoms with Crippen molar-refractivity contribution >= 4 is 22.9 Å².